The number of rotatable bonds is 4. The highest BCUT2D eigenvalue weighted by atomic mass is 32.1. The summed E-state index contributed by atoms with van der Waals surface area (Å²) >= 11 is 5.57. The van der Waals surface area contributed by atoms with Gasteiger partial charge in [-0.05, 0) is 50.3 Å². The van der Waals surface area contributed by atoms with Crippen molar-refractivity contribution in [3.05, 3.63) is 47.7 Å². The Labute approximate surface area is 193 Å². The summed E-state index contributed by atoms with van der Waals surface area (Å²) in [5, 5.41) is 20.2. The first-order valence-electron chi connectivity index (χ1n) is 10.2. The lowest BCUT2D eigenvalue weighted by atomic mass is 10.0. The molecule has 174 valence electrons. The van der Waals surface area contributed by atoms with Crippen molar-refractivity contribution in [2.75, 3.05) is 23.0 Å². The van der Waals surface area contributed by atoms with E-state index in [9.17, 15) is 18.3 Å². The predicted octanol–water partition coefficient (Wildman–Crippen LogP) is 3.85. The molecule has 0 saturated carbocycles. The van der Waals surface area contributed by atoms with Gasteiger partial charge in [0.05, 0.1) is 47.8 Å². The van der Waals surface area contributed by atoms with Crippen LogP contribution < -0.4 is 14.5 Å². The Kier molecular flexibility index (Phi) is 5.94. The zero-order chi connectivity index (χ0) is 24.0. The number of aliphatic hydroxyl groups excluding tert-OH is 1. The Morgan fingerprint density at radius 2 is 2.00 bits per heavy atom. The monoisotopic (exact) mass is 478 g/mol. The standard InChI is InChI=1S/C22H21F3N4O3S/c1-21(2)19(30)28(14-4-3-13(10-26)17(9-14)22(23,24)25)20(33)29(21)15-5-6-18(27-11-15)32-16-7-8-31-12-16/h3-6,9,11,16,19,30H,7-8,12H2,1-2H3/t16-,19?/m0/s1. The summed E-state index contributed by atoms with van der Waals surface area (Å²) < 4.78 is 51.5. The van der Waals surface area contributed by atoms with Gasteiger partial charge in [-0.1, -0.05) is 0 Å². The molecule has 0 bridgehead atoms. The first-order valence-corrected chi connectivity index (χ1v) is 10.6. The molecule has 2 saturated heterocycles. The third-order valence-corrected chi connectivity index (χ3v) is 6.09. The van der Waals surface area contributed by atoms with Crippen molar-refractivity contribution in [2.24, 2.45) is 0 Å². The fraction of sp³-hybridized carbons (Fsp3) is 0.409. The zero-order valence-corrected chi connectivity index (χ0v) is 18.7. The smallest absolute Gasteiger partial charge is 0.417 e. The Morgan fingerprint density at radius 3 is 2.58 bits per heavy atom. The van der Waals surface area contributed by atoms with E-state index in [4.69, 9.17) is 27.0 Å². The van der Waals surface area contributed by atoms with E-state index in [-0.39, 0.29) is 16.9 Å². The lowest BCUT2D eigenvalue weighted by molar-refractivity contribution is -0.137. The van der Waals surface area contributed by atoms with Crippen LogP contribution in [0.3, 0.4) is 0 Å². The van der Waals surface area contributed by atoms with Crippen molar-refractivity contribution in [2.45, 2.75) is 44.3 Å². The van der Waals surface area contributed by atoms with Crippen LogP contribution in [0.4, 0.5) is 24.5 Å². The van der Waals surface area contributed by atoms with Gasteiger partial charge in [0.15, 0.2) is 11.3 Å². The minimum atomic E-state index is -4.73. The van der Waals surface area contributed by atoms with Crippen molar-refractivity contribution >= 4 is 28.7 Å². The quantitative estimate of drug-likeness (QED) is 0.664. The van der Waals surface area contributed by atoms with Gasteiger partial charge in [-0.3, -0.25) is 4.90 Å². The number of nitrogens with zero attached hydrogens (tertiary/aromatic N) is 4. The van der Waals surface area contributed by atoms with Crippen molar-refractivity contribution in [3.63, 3.8) is 0 Å². The van der Waals surface area contributed by atoms with Gasteiger partial charge < -0.3 is 19.5 Å². The number of benzene rings is 1. The van der Waals surface area contributed by atoms with Gasteiger partial charge in [-0.25, -0.2) is 4.98 Å². The van der Waals surface area contributed by atoms with E-state index in [0.717, 1.165) is 18.6 Å². The molecule has 2 fully saturated rings. The second-order valence-corrected chi connectivity index (χ2v) is 8.68. The molecular formula is C22H21F3N4O3S. The summed E-state index contributed by atoms with van der Waals surface area (Å²) in [6.45, 7) is 4.58. The van der Waals surface area contributed by atoms with Crippen molar-refractivity contribution in [3.8, 4) is 11.9 Å². The molecule has 1 unspecified atom stereocenters. The molecule has 2 atom stereocenters. The van der Waals surface area contributed by atoms with Crippen LogP contribution in [0.15, 0.2) is 36.5 Å². The lowest BCUT2D eigenvalue weighted by Gasteiger charge is -2.32. The summed E-state index contributed by atoms with van der Waals surface area (Å²) in [5.74, 6) is 0.413. The maximum Gasteiger partial charge on any atom is 0.417 e. The molecule has 1 aromatic carbocycles. The maximum absolute atomic E-state index is 13.5. The number of aliphatic hydroxyl groups is 1. The minimum absolute atomic E-state index is 0.0311. The van der Waals surface area contributed by atoms with Crippen LogP contribution in [-0.2, 0) is 10.9 Å². The molecule has 1 N–H and O–H groups in total. The molecule has 4 rings (SSSR count). The molecule has 3 heterocycles. The van der Waals surface area contributed by atoms with Gasteiger partial charge in [0.25, 0.3) is 0 Å². The molecule has 2 aromatic rings. The summed E-state index contributed by atoms with van der Waals surface area (Å²) in [7, 11) is 0. The Balaban J connectivity index is 1.65. The normalized spacial score (nSPS) is 22.5. The van der Waals surface area contributed by atoms with Gasteiger partial charge in [0.2, 0.25) is 5.88 Å². The Hall–Kier alpha value is -2.94. The van der Waals surface area contributed by atoms with Crippen LogP contribution in [0.2, 0.25) is 0 Å². The number of alkyl halides is 3. The number of thiocarbonyl (C=S) groups is 1. The first-order chi connectivity index (χ1) is 15.5. The minimum Gasteiger partial charge on any atom is -0.472 e. The zero-order valence-electron chi connectivity index (χ0n) is 17.8. The van der Waals surface area contributed by atoms with Gasteiger partial charge in [-0.2, -0.15) is 18.4 Å². The third-order valence-electron chi connectivity index (χ3n) is 5.71. The number of hydrogen-bond acceptors (Lipinski definition) is 6. The van der Waals surface area contributed by atoms with Crippen LogP contribution in [0.5, 0.6) is 5.88 Å². The number of hydrogen-bond donors (Lipinski definition) is 1. The number of nitriles is 1. The summed E-state index contributed by atoms with van der Waals surface area (Å²) in [6.07, 6.45) is -3.74. The molecule has 2 aliphatic heterocycles. The molecule has 1 aromatic heterocycles. The van der Waals surface area contributed by atoms with E-state index in [1.807, 2.05) is 0 Å². The summed E-state index contributed by atoms with van der Waals surface area (Å²) in [4.78, 5) is 7.19. The van der Waals surface area contributed by atoms with Crippen LogP contribution in [0.25, 0.3) is 0 Å². The topological polar surface area (TPSA) is 81.9 Å². The highest BCUT2D eigenvalue weighted by Crippen LogP contribution is 2.41. The number of pyridine rings is 1. The fourth-order valence-corrected chi connectivity index (χ4v) is 4.50. The molecule has 0 aliphatic carbocycles. The van der Waals surface area contributed by atoms with E-state index < -0.39 is 29.1 Å². The molecule has 33 heavy (non-hydrogen) atoms. The van der Waals surface area contributed by atoms with Gasteiger partial charge in [0.1, 0.15) is 6.10 Å². The molecule has 0 radical (unpaired) electrons. The van der Waals surface area contributed by atoms with Crippen molar-refractivity contribution < 1.29 is 27.8 Å². The molecule has 11 heteroatoms. The van der Waals surface area contributed by atoms with E-state index in [0.29, 0.717) is 24.8 Å². The Bertz CT molecular complexity index is 1100. The van der Waals surface area contributed by atoms with Gasteiger partial charge in [0, 0.05) is 18.2 Å². The largest absolute Gasteiger partial charge is 0.472 e. The molecule has 2 aliphatic rings. The number of ether oxygens (including phenoxy) is 2. The number of aromatic nitrogens is 1. The molecule has 0 amide bonds. The average molecular weight is 478 g/mol. The average Bonchev–Trinajstić information content (AvgIpc) is 3.33. The predicted molar refractivity (Wildman–Crippen MR) is 118 cm³/mol. The van der Waals surface area contributed by atoms with Crippen LogP contribution in [-0.4, -0.2) is 46.3 Å². The second kappa shape index (κ2) is 8.44. The van der Waals surface area contributed by atoms with Gasteiger partial charge in [-0.15, -0.1) is 0 Å². The maximum atomic E-state index is 13.5. The highest BCUT2D eigenvalue weighted by molar-refractivity contribution is 7.80. The van der Waals surface area contributed by atoms with E-state index in [1.165, 1.54) is 17.2 Å². The molecular weight excluding hydrogens is 457 g/mol. The first kappa shape index (κ1) is 23.2. The van der Waals surface area contributed by atoms with Gasteiger partial charge >= 0.3 is 6.18 Å². The lowest BCUT2D eigenvalue weighted by Crippen LogP contribution is -2.47. The van der Waals surface area contributed by atoms with E-state index in [1.54, 1.807) is 36.9 Å². The number of anilines is 2. The third kappa shape index (κ3) is 4.21. The number of halogens is 3. The van der Waals surface area contributed by atoms with Crippen LogP contribution in [0, 0.1) is 11.3 Å². The Morgan fingerprint density at radius 1 is 1.27 bits per heavy atom. The van der Waals surface area contributed by atoms with Crippen LogP contribution in [0.1, 0.15) is 31.4 Å². The molecule has 0 spiro atoms. The summed E-state index contributed by atoms with van der Waals surface area (Å²) in [5.41, 5.74) is -2.01. The summed E-state index contributed by atoms with van der Waals surface area (Å²) in [6, 6.07) is 8.18. The van der Waals surface area contributed by atoms with E-state index >= 15 is 0 Å². The van der Waals surface area contributed by atoms with Crippen molar-refractivity contribution in [1.82, 2.24) is 4.98 Å². The SMILES string of the molecule is CC1(C)C(O)N(c2ccc(C#N)c(C(F)(F)F)c2)C(=S)N1c1ccc(O[C@H]2CCOC2)nc1. The second-order valence-electron chi connectivity index (χ2n) is 8.31. The molecule has 7 nitrogen and oxygen atoms in total. The van der Waals surface area contributed by atoms with E-state index in [2.05, 4.69) is 4.98 Å². The fourth-order valence-electron chi connectivity index (χ4n) is 3.95. The highest BCUT2D eigenvalue weighted by Gasteiger charge is 2.50. The van der Waals surface area contributed by atoms with Crippen LogP contribution >= 0.6 is 12.2 Å². The van der Waals surface area contributed by atoms with Crippen molar-refractivity contribution in [1.29, 1.82) is 5.26 Å².